The van der Waals surface area contributed by atoms with E-state index in [1.165, 1.54) is 6.08 Å². The summed E-state index contributed by atoms with van der Waals surface area (Å²) in [5.41, 5.74) is 5.78. The van der Waals surface area contributed by atoms with Gasteiger partial charge in [0.15, 0.2) is 0 Å². The highest BCUT2D eigenvalue weighted by Gasteiger charge is 1.94. The maximum absolute atomic E-state index is 10.4. The zero-order valence-electron chi connectivity index (χ0n) is 6.63. The van der Waals surface area contributed by atoms with Crippen LogP contribution in [0.4, 0.5) is 0 Å². The van der Waals surface area contributed by atoms with E-state index < -0.39 is 5.91 Å². The molecular formula is C9H7BrClNO. The number of carbonyl (C=O) groups is 1. The van der Waals surface area contributed by atoms with E-state index in [1.807, 2.05) is 6.07 Å². The molecule has 2 N–H and O–H groups in total. The lowest BCUT2D eigenvalue weighted by Gasteiger charge is -1.96. The van der Waals surface area contributed by atoms with Crippen molar-refractivity contribution in [1.82, 2.24) is 0 Å². The van der Waals surface area contributed by atoms with Gasteiger partial charge in [0.25, 0.3) is 0 Å². The normalized spacial score (nSPS) is 10.6. The first-order chi connectivity index (χ1) is 6.08. The standard InChI is InChI=1S/C9H7BrClNO/c10-7-3-6(1-2-9(12)13)4-8(11)5-7/h1-5H,(H2,12,13)/b2-1-. The van der Waals surface area contributed by atoms with E-state index in [2.05, 4.69) is 15.9 Å². The Bertz CT molecular complexity index is 342. The minimum absolute atomic E-state index is 0.476. The Hall–Kier alpha value is -0.800. The molecule has 68 valence electrons. The summed E-state index contributed by atoms with van der Waals surface area (Å²) in [7, 11) is 0. The van der Waals surface area contributed by atoms with Gasteiger partial charge in [0, 0.05) is 15.6 Å². The third-order valence-electron chi connectivity index (χ3n) is 1.32. The number of rotatable bonds is 2. The minimum Gasteiger partial charge on any atom is -0.366 e. The highest BCUT2D eigenvalue weighted by Crippen LogP contribution is 2.20. The summed E-state index contributed by atoms with van der Waals surface area (Å²) in [5, 5.41) is 0.610. The third-order valence-corrected chi connectivity index (χ3v) is 2.00. The van der Waals surface area contributed by atoms with Gasteiger partial charge in [0.1, 0.15) is 0 Å². The quantitative estimate of drug-likeness (QED) is 0.816. The Morgan fingerprint density at radius 1 is 1.46 bits per heavy atom. The second kappa shape index (κ2) is 4.44. The molecule has 0 spiro atoms. The molecule has 0 radical (unpaired) electrons. The van der Waals surface area contributed by atoms with Gasteiger partial charge in [-0.05, 0) is 29.8 Å². The van der Waals surface area contributed by atoms with Crippen molar-refractivity contribution in [1.29, 1.82) is 0 Å². The SMILES string of the molecule is NC(=O)/C=C\c1cc(Cl)cc(Br)c1. The molecule has 0 aliphatic rings. The molecule has 0 aliphatic carbocycles. The molecule has 1 rings (SSSR count). The summed E-state index contributed by atoms with van der Waals surface area (Å²) in [4.78, 5) is 10.4. The third kappa shape index (κ3) is 3.61. The number of nitrogens with two attached hydrogens (primary N) is 1. The van der Waals surface area contributed by atoms with Crippen LogP contribution >= 0.6 is 27.5 Å². The van der Waals surface area contributed by atoms with Crippen molar-refractivity contribution in [3.8, 4) is 0 Å². The number of primary amides is 1. The Kier molecular flexibility index (Phi) is 3.51. The molecular weight excluding hydrogens is 253 g/mol. The zero-order chi connectivity index (χ0) is 9.84. The molecule has 1 aromatic rings. The van der Waals surface area contributed by atoms with E-state index in [9.17, 15) is 4.79 Å². The fraction of sp³-hybridized carbons (Fsp3) is 0. The molecule has 0 aliphatic heterocycles. The van der Waals surface area contributed by atoms with Gasteiger partial charge in [-0.2, -0.15) is 0 Å². The number of hydrogen-bond acceptors (Lipinski definition) is 1. The van der Waals surface area contributed by atoms with Crippen LogP contribution < -0.4 is 5.73 Å². The van der Waals surface area contributed by atoms with Crippen LogP contribution in [0.1, 0.15) is 5.56 Å². The summed E-state index contributed by atoms with van der Waals surface area (Å²) in [6.07, 6.45) is 2.90. The minimum atomic E-state index is -0.476. The van der Waals surface area contributed by atoms with Gasteiger partial charge in [0.05, 0.1) is 0 Å². The number of carbonyl (C=O) groups excluding carboxylic acids is 1. The molecule has 0 bridgehead atoms. The van der Waals surface area contributed by atoms with E-state index in [1.54, 1.807) is 18.2 Å². The average molecular weight is 261 g/mol. The van der Waals surface area contributed by atoms with Gasteiger partial charge >= 0.3 is 0 Å². The molecule has 0 saturated heterocycles. The number of amides is 1. The van der Waals surface area contributed by atoms with Gasteiger partial charge in [0.2, 0.25) is 5.91 Å². The lowest BCUT2D eigenvalue weighted by atomic mass is 10.2. The molecule has 0 atom stereocenters. The molecule has 0 aromatic heterocycles. The summed E-state index contributed by atoms with van der Waals surface area (Å²) >= 11 is 9.07. The molecule has 0 heterocycles. The Morgan fingerprint density at radius 2 is 2.15 bits per heavy atom. The number of halogens is 2. The van der Waals surface area contributed by atoms with Gasteiger partial charge in [-0.3, -0.25) is 4.79 Å². The van der Waals surface area contributed by atoms with E-state index in [-0.39, 0.29) is 0 Å². The van der Waals surface area contributed by atoms with Crippen molar-refractivity contribution >= 4 is 39.5 Å². The van der Waals surface area contributed by atoms with Crippen LogP contribution in [0.15, 0.2) is 28.7 Å². The first-order valence-corrected chi connectivity index (χ1v) is 4.68. The fourth-order valence-electron chi connectivity index (χ4n) is 0.850. The maximum Gasteiger partial charge on any atom is 0.241 e. The van der Waals surface area contributed by atoms with Crippen molar-refractivity contribution < 1.29 is 4.79 Å². The van der Waals surface area contributed by atoms with E-state index in [0.717, 1.165) is 10.0 Å². The topological polar surface area (TPSA) is 43.1 Å². The molecule has 2 nitrogen and oxygen atoms in total. The molecule has 4 heteroatoms. The Balaban J connectivity index is 2.95. The predicted octanol–water partition coefficient (Wildman–Crippen LogP) is 2.60. The van der Waals surface area contributed by atoms with E-state index >= 15 is 0 Å². The van der Waals surface area contributed by atoms with Gasteiger partial charge in [-0.25, -0.2) is 0 Å². The van der Waals surface area contributed by atoms with Crippen molar-refractivity contribution in [2.75, 3.05) is 0 Å². The van der Waals surface area contributed by atoms with Crippen LogP contribution in [-0.4, -0.2) is 5.91 Å². The summed E-state index contributed by atoms with van der Waals surface area (Å²) in [5.74, 6) is -0.476. The maximum atomic E-state index is 10.4. The Morgan fingerprint density at radius 3 is 2.69 bits per heavy atom. The molecule has 1 amide bonds. The molecule has 0 saturated carbocycles. The largest absolute Gasteiger partial charge is 0.366 e. The van der Waals surface area contributed by atoms with Crippen molar-refractivity contribution in [2.45, 2.75) is 0 Å². The van der Waals surface area contributed by atoms with Gasteiger partial charge in [-0.15, -0.1) is 0 Å². The van der Waals surface area contributed by atoms with Gasteiger partial charge in [-0.1, -0.05) is 27.5 Å². The second-order valence-corrected chi connectivity index (χ2v) is 3.79. The predicted molar refractivity (Wildman–Crippen MR) is 57.4 cm³/mol. The van der Waals surface area contributed by atoms with Crippen LogP contribution in [0.25, 0.3) is 6.08 Å². The van der Waals surface area contributed by atoms with Crippen molar-refractivity contribution in [2.24, 2.45) is 5.73 Å². The molecule has 13 heavy (non-hydrogen) atoms. The van der Waals surface area contributed by atoms with Crippen molar-refractivity contribution in [3.63, 3.8) is 0 Å². The highest BCUT2D eigenvalue weighted by atomic mass is 79.9. The van der Waals surface area contributed by atoms with E-state index in [4.69, 9.17) is 17.3 Å². The van der Waals surface area contributed by atoms with Gasteiger partial charge < -0.3 is 5.73 Å². The van der Waals surface area contributed by atoms with Crippen LogP contribution in [0.3, 0.4) is 0 Å². The fourth-order valence-corrected chi connectivity index (χ4v) is 1.74. The van der Waals surface area contributed by atoms with Crippen LogP contribution in [-0.2, 0) is 4.79 Å². The highest BCUT2D eigenvalue weighted by molar-refractivity contribution is 9.10. The second-order valence-electron chi connectivity index (χ2n) is 2.44. The average Bonchev–Trinajstić information content (AvgIpc) is 1.99. The zero-order valence-corrected chi connectivity index (χ0v) is 8.97. The summed E-state index contributed by atoms with van der Waals surface area (Å²) in [6, 6.07) is 5.35. The molecule has 1 aromatic carbocycles. The monoisotopic (exact) mass is 259 g/mol. The summed E-state index contributed by atoms with van der Waals surface area (Å²) in [6.45, 7) is 0. The number of benzene rings is 1. The smallest absolute Gasteiger partial charge is 0.241 e. The van der Waals surface area contributed by atoms with Crippen LogP contribution in [0.2, 0.25) is 5.02 Å². The lowest BCUT2D eigenvalue weighted by Crippen LogP contribution is -2.05. The van der Waals surface area contributed by atoms with Crippen LogP contribution in [0.5, 0.6) is 0 Å². The van der Waals surface area contributed by atoms with E-state index in [0.29, 0.717) is 5.02 Å². The number of hydrogen-bond donors (Lipinski definition) is 1. The first-order valence-electron chi connectivity index (χ1n) is 3.51. The summed E-state index contributed by atoms with van der Waals surface area (Å²) < 4.78 is 0.865. The Labute approximate surface area is 89.5 Å². The van der Waals surface area contributed by atoms with Crippen LogP contribution in [0, 0.1) is 0 Å². The lowest BCUT2D eigenvalue weighted by molar-refractivity contribution is -0.113. The first kappa shape index (κ1) is 10.3. The molecule has 0 fully saturated rings. The van der Waals surface area contributed by atoms with Crippen molar-refractivity contribution in [3.05, 3.63) is 39.3 Å². The molecule has 0 unspecified atom stereocenters.